The van der Waals surface area contributed by atoms with Gasteiger partial charge in [0.25, 0.3) is 0 Å². The van der Waals surface area contributed by atoms with Crippen molar-refractivity contribution in [2.24, 2.45) is 0 Å². The van der Waals surface area contributed by atoms with Crippen LogP contribution in [0.2, 0.25) is 0 Å². The quantitative estimate of drug-likeness (QED) is 0.660. The van der Waals surface area contributed by atoms with Crippen LogP contribution in [-0.2, 0) is 0 Å². The number of ether oxygens (including phenoxy) is 1. The predicted molar refractivity (Wildman–Crippen MR) is 84.7 cm³/mol. The molecule has 0 spiro atoms. The molecule has 0 N–H and O–H groups in total. The van der Waals surface area contributed by atoms with Crippen LogP contribution < -0.4 is 4.74 Å². The Morgan fingerprint density at radius 2 is 1.90 bits per heavy atom. The molecule has 0 aliphatic rings. The highest BCUT2D eigenvalue weighted by Crippen LogP contribution is 2.34. The Balaban J connectivity index is 2.49. The van der Waals surface area contributed by atoms with E-state index >= 15 is 0 Å². The van der Waals surface area contributed by atoms with E-state index in [1.165, 1.54) is 19.1 Å². The van der Waals surface area contributed by atoms with Crippen molar-refractivity contribution < 1.29 is 13.9 Å². The molecular formula is C17H16BrFO2. The van der Waals surface area contributed by atoms with E-state index in [0.717, 1.165) is 10.0 Å². The highest BCUT2D eigenvalue weighted by molar-refractivity contribution is 9.10. The number of ketones is 1. The third-order valence-corrected chi connectivity index (χ3v) is 3.63. The van der Waals surface area contributed by atoms with Crippen LogP contribution in [0.3, 0.4) is 0 Å². The fourth-order valence-electron chi connectivity index (χ4n) is 2.11. The normalized spacial score (nSPS) is 10.8. The smallest absolute Gasteiger partial charge is 0.166 e. The molecule has 2 aromatic rings. The molecule has 0 atom stereocenters. The van der Waals surface area contributed by atoms with Crippen LogP contribution in [0.4, 0.5) is 4.39 Å². The molecule has 0 amide bonds. The van der Waals surface area contributed by atoms with E-state index in [9.17, 15) is 9.18 Å². The Hall–Kier alpha value is -1.68. The van der Waals surface area contributed by atoms with Gasteiger partial charge in [0.2, 0.25) is 0 Å². The van der Waals surface area contributed by atoms with E-state index in [2.05, 4.69) is 15.9 Å². The molecule has 0 saturated carbocycles. The van der Waals surface area contributed by atoms with Gasteiger partial charge in [-0.25, -0.2) is 4.39 Å². The zero-order valence-corrected chi connectivity index (χ0v) is 13.7. The molecule has 2 nitrogen and oxygen atoms in total. The molecule has 0 saturated heterocycles. The second-order valence-corrected chi connectivity index (χ2v) is 6.02. The number of Topliss-reactive ketones (excluding diaryl/α,β-unsaturated/α-hetero) is 1. The number of hydrogen-bond acceptors (Lipinski definition) is 2. The fraction of sp³-hybridized carbons (Fsp3) is 0.235. The van der Waals surface area contributed by atoms with Crippen molar-refractivity contribution in [3.8, 4) is 11.5 Å². The molecule has 0 aliphatic heterocycles. The van der Waals surface area contributed by atoms with Crippen molar-refractivity contribution in [1.82, 2.24) is 0 Å². The summed E-state index contributed by atoms with van der Waals surface area (Å²) in [6.07, 6.45) is 0. The lowest BCUT2D eigenvalue weighted by molar-refractivity contribution is 0.101. The van der Waals surface area contributed by atoms with E-state index in [4.69, 9.17) is 4.74 Å². The van der Waals surface area contributed by atoms with E-state index in [1.807, 2.05) is 32.0 Å². The predicted octanol–water partition coefficient (Wildman–Crippen LogP) is 5.71. The number of halogens is 2. The van der Waals surface area contributed by atoms with Crippen LogP contribution in [0.25, 0.3) is 0 Å². The fourth-order valence-corrected chi connectivity index (χ4v) is 2.49. The van der Waals surface area contributed by atoms with Gasteiger partial charge in [-0.3, -0.25) is 4.79 Å². The van der Waals surface area contributed by atoms with Gasteiger partial charge < -0.3 is 4.74 Å². The van der Waals surface area contributed by atoms with Crippen molar-refractivity contribution in [2.75, 3.05) is 0 Å². The van der Waals surface area contributed by atoms with Gasteiger partial charge in [-0.1, -0.05) is 35.8 Å². The summed E-state index contributed by atoms with van der Waals surface area (Å²) in [5.41, 5.74) is 0.971. The molecule has 21 heavy (non-hydrogen) atoms. The molecule has 0 aromatic heterocycles. The largest absolute Gasteiger partial charge is 0.456 e. The van der Waals surface area contributed by atoms with E-state index in [1.54, 1.807) is 6.07 Å². The van der Waals surface area contributed by atoms with Crippen molar-refractivity contribution in [3.05, 3.63) is 57.8 Å². The van der Waals surface area contributed by atoms with Crippen LogP contribution in [0.5, 0.6) is 11.5 Å². The summed E-state index contributed by atoms with van der Waals surface area (Å²) in [6.45, 7) is 5.43. The SMILES string of the molecule is CC(=O)c1c(F)cccc1Oc1ccc(Br)cc1C(C)C. The minimum atomic E-state index is -0.566. The summed E-state index contributed by atoms with van der Waals surface area (Å²) < 4.78 is 20.6. The van der Waals surface area contributed by atoms with E-state index in [0.29, 0.717) is 5.75 Å². The Morgan fingerprint density at radius 3 is 2.52 bits per heavy atom. The van der Waals surface area contributed by atoms with Gasteiger partial charge in [-0.05, 0) is 48.7 Å². The summed E-state index contributed by atoms with van der Waals surface area (Å²) in [4.78, 5) is 11.6. The van der Waals surface area contributed by atoms with Gasteiger partial charge in [-0.15, -0.1) is 0 Å². The zero-order valence-electron chi connectivity index (χ0n) is 12.1. The Kier molecular flexibility index (Phi) is 4.78. The second kappa shape index (κ2) is 6.39. The van der Waals surface area contributed by atoms with Crippen LogP contribution in [-0.4, -0.2) is 5.78 Å². The van der Waals surface area contributed by atoms with Crippen molar-refractivity contribution in [2.45, 2.75) is 26.7 Å². The molecule has 0 heterocycles. The Labute approximate surface area is 132 Å². The minimum absolute atomic E-state index is 0.0184. The molecule has 2 aromatic carbocycles. The average Bonchev–Trinajstić information content (AvgIpc) is 2.40. The third-order valence-electron chi connectivity index (χ3n) is 3.14. The molecule has 0 unspecified atom stereocenters. The topological polar surface area (TPSA) is 26.3 Å². The summed E-state index contributed by atoms with van der Waals surface area (Å²) >= 11 is 3.43. The maximum Gasteiger partial charge on any atom is 0.166 e. The van der Waals surface area contributed by atoms with Gasteiger partial charge in [0.1, 0.15) is 17.3 Å². The first-order valence-corrected chi connectivity index (χ1v) is 7.46. The van der Waals surface area contributed by atoms with Gasteiger partial charge in [0.05, 0.1) is 5.56 Å². The monoisotopic (exact) mass is 350 g/mol. The number of benzene rings is 2. The minimum Gasteiger partial charge on any atom is -0.456 e. The standard InChI is InChI=1S/C17H16BrFO2/c1-10(2)13-9-12(18)7-8-15(13)21-16-6-4-5-14(19)17(16)11(3)20/h4-10H,1-3H3. The number of rotatable bonds is 4. The first kappa shape index (κ1) is 15.7. The van der Waals surface area contributed by atoms with E-state index < -0.39 is 5.82 Å². The summed E-state index contributed by atoms with van der Waals surface area (Å²) in [6, 6.07) is 10.0. The van der Waals surface area contributed by atoms with Crippen molar-refractivity contribution >= 4 is 21.7 Å². The molecule has 0 radical (unpaired) electrons. The lowest BCUT2D eigenvalue weighted by Crippen LogP contribution is -2.02. The maximum atomic E-state index is 13.8. The van der Waals surface area contributed by atoms with Gasteiger partial charge in [-0.2, -0.15) is 0 Å². The highest BCUT2D eigenvalue weighted by Gasteiger charge is 2.17. The summed E-state index contributed by atoms with van der Waals surface area (Å²) in [7, 11) is 0. The summed E-state index contributed by atoms with van der Waals surface area (Å²) in [5, 5.41) is 0. The molecular weight excluding hydrogens is 335 g/mol. The van der Waals surface area contributed by atoms with Crippen LogP contribution >= 0.6 is 15.9 Å². The maximum absolute atomic E-state index is 13.8. The van der Waals surface area contributed by atoms with Crippen molar-refractivity contribution in [1.29, 1.82) is 0 Å². The van der Waals surface area contributed by atoms with Crippen LogP contribution in [0, 0.1) is 5.82 Å². The van der Waals surface area contributed by atoms with Crippen LogP contribution in [0.1, 0.15) is 42.6 Å². The lowest BCUT2D eigenvalue weighted by atomic mass is 10.0. The molecule has 0 aliphatic carbocycles. The van der Waals surface area contributed by atoms with Gasteiger partial charge >= 0.3 is 0 Å². The summed E-state index contributed by atoms with van der Waals surface area (Å²) in [5.74, 6) is 0.189. The Morgan fingerprint density at radius 1 is 1.19 bits per heavy atom. The van der Waals surface area contributed by atoms with Gasteiger partial charge in [0.15, 0.2) is 5.78 Å². The van der Waals surface area contributed by atoms with Gasteiger partial charge in [0, 0.05) is 4.47 Å². The molecule has 4 heteroatoms. The average molecular weight is 351 g/mol. The first-order valence-electron chi connectivity index (χ1n) is 6.67. The molecule has 0 fully saturated rings. The molecule has 2 rings (SSSR count). The van der Waals surface area contributed by atoms with Crippen molar-refractivity contribution in [3.63, 3.8) is 0 Å². The first-order chi connectivity index (χ1) is 9.90. The number of carbonyl (C=O) groups is 1. The highest BCUT2D eigenvalue weighted by atomic mass is 79.9. The van der Waals surface area contributed by atoms with Crippen LogP contribution in [0.15, 0.2) is 40.9 Å². The number of carbonyl (C=O) groups excluding carboxylic acids is 1. The lowest BCUT2D eigenvalue weighted by Gasteiger charge is -2.16. The third kappa shape index (κ3) is 3.50. The molecule has 0 bridgehead atoms. The second-order valence-electron chi connectivity index (χ2n) is 5.11. The molecule has 110 valence electrons. The van der Waals surface area contributed by atoms with E-state index in [-0.39, 0.29) is 23.0 Å². The zero-order chi connectivity index (χ0) is 15.6. The Bertz CT molecular complexity index is 680. The number of hydrogen-bond donors (Lipinski definition) is 0.